The third-order valence-corrected chi connectivity index (χ3v) is 6.16. The summed E-state index contributed by atoms with van der Waals surface area (Å²) >= 11 is 6.06. The summed E-state index contributed by atoms with van der Waals surface area (Å²) in [5, 5.41) is 3.68. The molecule has 5 nitrogen and oxygen atoms in total. The predicted octanol–water partition coefficient (Wildman–Crippen LogP) is 2.63. The molecule has 0 radical (unpaired) electrons. The first kappa shape index (κ1) is 20.4. The molecule has 2 aliphatic heterocycles. The third kappa shape index (κ3) is 5.58. The molecule has 0 spiro atoms. The van der Waals surface area contributed by atoms with Gasteiger partial charge in [-0.1, -0.05) is 54.1 Å². The monoisotopic (exact) mass is 412 g/mol. The quantitative estimate of drug-likeness (QED) is 0.791. The SMILES string of the molecule is O=C1CN(CCN2CCN(Cc3ccc(Cl)cc3)C(c3ccccc3)C2)CCN1. The number of amides is 1. The normalized spacial score (nSPS) is 21.8. The fourth-order valence-corrected chi connectivity index (χ4v) is 4.38. The van der Waals surface area contributed by atoms with E-state index in [0.29, 0.717) is 12.6 Å². The molecule has 0 aliphatic carbocycles. The molecule has 29 heavy (non-hydrogen) atoms. The Labute approximate surface area is 178 Å². The lowest BCUT2D eigenvalue weighted by molar-refractivity contribution is -0.124. The number of hydrogen-bond acceptors (Lipinski definition) is 4. The van der Waals surface area contributed by atoms with Crippen molar-refractivity contribution in [3.8, 4) is 0 Å². The molecule has 1 unspecified atom stereocenters. The summed E-state index contributed by atoms with van der Waals surface area (Å²) in [4.78, 5) is 19.0. The van der Waals surface area contributed by atoms with Gasteiger partial charge in [0.05, 0.1) is 6.54 Å². The molecule has 2 aromatic carbocycles. The molecule has 0 saturated carbocycles. The summed E-state index contributed by atoms with van der Waals surface area (Å²) < 4.78 is 0. The second kappa shape index (κ2) is 9.72. The smallest absolute Gasteiger partial charge is 0.234 e. The van der Waals surface area contributed by atoms with Crippen molar-refractivity contribution in [2.45, 2.75) is 12.6 Å². The van der Waals surface area contributed by atoms with Crippen molar-refractivity contribution >= 4 is 17.5 Å². The fraction of sp³-hybridized carbons (Fsp3) is 0.435. The summed E-state index contributed by atoms with van der Waals surface area (Å²) in [5.74, 6) is 0.145. The number of hydrogen-bond donors (Lipinski definition) is 1. The number of nitrogens with zero attached hydrogens (tertiary/aromatic N) is 3. The molecular formula is C23H29ClN4O. The first-order valence-electron chi connectivity index (χ1n) is 10.4. The summed E-state index contributed by atoms with van der Waals surface area (Å²) in [6, 6.07) is 19.4. The summed E-state index contributed by atoms with van der Waals surface area (Å²) in [6.07, 6.45) is 0. The van der Waals surface area contributed by atoms with Crippen LogP contribution in [0.4, 0.5) is 0 Å². The maximum Gasteiger partial charge on any atom is 0.234 e. The lowest BCUT2D eigenvalue weighted by Crippen LogP contribution is -2.52. The molecule has 2 fully saturated rings. The van der Waals surface area contributed by atoms with Crippen LogP contribution in [0.25, 0.3) is 0 Å². The summed E-state index contributed by atoms with van der Waals surface area (Å²) in [6.45, 7) is 8.22. The zero-order valence-electron chi connectivity index (χ0n) is 16.8. The molecule has 154 valence electrons. The Bertz CT molecular complexity index is 798. The molecule has 2 heterocycles. The average molecular weight is 413 g/mol. The minimum atomic E-state index is 0.145. The molecule has 2 aliphatic rings. The van der Waals surface area contributed by atoms with Gasteiger partial charge in [0.25, 0.3) is 0 Å². The predicted molar refractivity (Wildman–Crippen MR) is 117 cm³/mol. The van der Waals surface area contributed by atoms with Gasteiger partial charge in [0.2, 0.25) is 5.91 Å². The molecule has 4 rings (SSSR count). The van der Waals surface area contributed by atoms with Crippen molar-refractivity contribution in [3.63, 3.8) is 0 Å². The van der Waals surface area contributed by atoms with Crippen LogP contribution < -0.4 is 5.32 Å². The van der Waals surface area contributed by atoms with Crippen LogP contribution in [0.15, 0.2) is 54.6 Å². The van der Waals surface area contributed by atoms with Gasteiger partial charge in [0.15, 0.2) is 0 Å². The van der Waals surface area contributed by atoms with Crippen LogP contribution in [0.5, 0.6) is 0 Å². The van der Waals surface area contributed by atoms with Crippen molar-refractivity contribution < 1.29 is 4.79 Å². The molecule has 6 heteroatoms. The summed E-state index contributed by atoms with van der Waals surface area (Å²) in [7, 11) is 0. The van der Waals surface area contributed by atoms with Gasteiger partial charge in [-0.3, -0.25) is 19.5 Å². The van der Waals surface area contributed by atoms with Crippen LogP contribution in [-0.2, 0) is 11.3 Å². The Morgan fingerprint density at radius 1 is 0.931 bits per heavy atom. The first-order chi connectivity index (χ1) is 14.2. The zero-order valence-corrected chi connectivity index (χ0v) is 17.5. The van der Waals surface area contributed by atoms with Gasteiger partial charge in [0, 0.05) is 63.4 Å². The Balaban J connectivity index is 1.41. The third-order valence-electron chi connectivity index (χ3n) is 5.91. The van der Waals surface area contributed by atoms with Crippen molar-refractivity contribution in [2.24, 2.45) is 0 Å². The van der Waals surface area contributed by atoms with Gasteiger partial charge in [-0.25, -0.2) is 0 Å². The summed E-state index contributed by atoms with van der Waals surface area (Å²) in [5.41, 5.74) is 2.66. The van der Waals surface area contributed by atoms with E-state index in [1.54, 1.807) is 0 Å². The minimum Gasteiger partial charge on any atom is -0.354 e. The number of halogens is 1. The van der Waals surface area contributed by atoms with Crippen molar-refractivity contribution in [3.05, 3.63) is 70.7 Å². The van der Waals surface area contributed by atoms with E-state index in [2.05, 4.69) is 62.5 Å². The Morgan fingerprint density at radius 2 is 1.69 bits per heavy atom. The average Bonchev–Trinajstić information content (AvgIpc) is 2.75. The van der Waals surface area contributed by atoms with Gasteiger partial charge in [-0.2, -0.15) is 0 Å². The molecule has 0 aromatic heterocycles. The second-order valence-electron chi connectivity index (χ2n) is 7.95. The number of carbonyl (C=O) groups excluding carboxylic acids is 1. The first-order valence-corrected chi connectivity index (χ1v) is 10.8. The van der Waals surface area contributed by atoms with E-state index in [1.165, 1.54) is 11.1 Å². The minimum absolute atomic E-state index is 0.145. The van der Waals surface area contributed by atoms with Gasteiger partial charge in [-0.05, 0) is 23.3 Å². The molecule has 1 atom stereocenters. The highest BCUT2D eigenvalue weighted by molar-refractivity contribution is 6.30. The van der Waals surface area contributed by atoms with Crippen LogP contribution >= 0.6 is 11.6 Å². The highest BCUT2D eigenvalue weighted by atomic mass is 35.5. The Hall–Kier alpha value is -1.92. The maximum atomic E-state index is 11.6. The lowest BCUT2D eigenvalue weighted by Gasteiger charge is -2.42. The highest BCUT2D eigenvalue weighted by Gasteiger charge is 2.28. The van der Waals surface area contributed by atoms with Crippen LogP contribution in [0.2, 0.25) is 5.02 Å². The Kier molecular flexibility index (Phi) is 6.82. The van der Waals surface area contributed by atoms with Crippen LogP contribution in [0, 0.1) is 0 Å². The van der Waals surface area contributed by atoms with Gasteiger partial charge >= 0.3 is 0 Å². The number of carbonyl (C=O) groups is 1. The number of rotatable bonds is 6. The van der Waals surface area contributed by atoms with E-state index in [4.69, 9.17) is 11.6 Å². The van der Waals surface area contributed by atoms with E-state index in [-0.39, 0.29) is 5.91 Å². The van der Waals surface area contributed by atoms with E-state index in [1.807, 2.05) is 12.1 Å². The molecule has 2 aromatic rings. The molecular weight excluding hydrogens is 384 g/mol. The van der Waals surface area contributed by atoms with Gasteiger partial charge in [0.1, 0.15) is 0 Å². The van der Waals surface area contributed by atoms with Gasteiger partial charge < -0.3 is 5.32 Å². The Morgan fingerprint density at radius 3 is 2.45 bits per heavy atom. The number of piperazine rings is 2. The lowest BCUT2D eigenvalue weighted by atomic mass is 10.0. The number of nitrogens with one attached hydrogen (secondary N) is 1. The van der Waals surface area contributed by atoms with Crippen molar-refractivity contribution in [1.29, 1.82) is 0 Å². The number of benzene rings is 2. The molecule has 1 amide bonds. The van der Waals surface area contributed by atoms with E-state index < -0.39 is 0 Å². The van der Waals surface area contributed by atoms with Crippen LogP contribution in [0.3, 0.4) is 0 Å². The standard InChI is InChI=1S/C23H29ClN4O/c24-21-8-6-19(7-9-21)16-28-15-14-27(13-12-26-11-10-25-23(29)18-26)17-22(28)20-4-2-1-3-5-20/h1-9,22H,10-18H2,(H,25,29). The van der Waals surface area contributed by atoms with Crippen molar-refractivity contribution in [2.75, 3.05) is 52.4 Å². The van der Waals surface area contributed by atoms with E-state index >= 15 is 0 Å². The van der Waals surface area contributed by atoms with E-state index in [0.717, 1.165) is 57.4 Å². The maximum absolute atomic E-state index is 11.6. The highest BCUT2D eigenvalue weighted by Crippen LogP contribution is 2.27. The molecule has 0 bridgehead atoms. The fourth-order valence-electron chi connectivity index (χ4n) is 4.25. The van der Waals surface area contributed by atoms with Gasteiger partial charge in [-0.15, -0.1) is 0 Å². The van der Waals surface area contributed by atoms with Crippen LogP contribution in [0.1, 0.15) is 17.2 Å². The zero-order chi connectivity index (χ0) is 20.1. The van der Waals surface area contributed by atoms with Crippen molar-refractivity contribution in [1.82, 2.24) is 20.0 Å². The second-order valence-corrected chi connectivity index (χ2v) is 8.39. The topological polar surface area (TPSA) is 38.8 Å². The largest absolute Gasteiger partial charge is 0.354 e. The van der Waals surface area contributed by atoms with E-state index in [9.17, 15) is 4.79 Å². The van der Waals surface area contributed by atoms with Crippen LogP contribution in [-0.4, -0.2) is 73.0 Å². The molecule has 2 saturated heterocycles. The molecule has 1 N–H and O–H groups in total.